The minimum absolute atomic E-state index is 0.202. The first-order chi connectivity index (χ1) is 10.3. The normalized spacial score (nSPS) is 10.9. The summed E-state index contributed by atoms with van der Waals surface area (Å²) in [6, 6.07) is 0. The minimum Gasteiger partial charge on any atom is -0.449 e. The van der Waals surface area contributed by atoms with Crippen molar-refractivity contribution in [2.24, 2.45) is 0 Å². The number of ether oxygens (including phenoxy) is 2. The fraction of sp³-hybridized carbons (Fsp3) is 0.533. The van der Waals surface area contributed by atoms with Crippen molar-refractivity contribution >= 4 is 12.2 Å². The standard InChI is InChI=1S/C15H23N3O4/c1-5-8-17(14(20)22-15(2,3)4)9-6-11-21-13(19)18-10-7-16-12-18/h5,7,10,12H,1,6,8-9,11H2,2-4H3. The highest BCUT2D eigenvalue weighted by Gasteiger charge is 2.21. The number of rotatable bonds is 6. The van der Waals surface area contributed by atoms with E-state index in [2.05, 4.69) is 11.6 Å². The maximum Gasteiger partial charge on any atom is 0.419 e. The lowest BCUT2D eigenvalue weighted by atomic mass is 10.2. The molecule has 0 spiro atoms. The van der Waals surface area contributed by atoms with Gasteiger partial charge in [0.25, 0.3) is 0 Å². The van der Waals surface area contributed by atoms with Crippen molar-refractivity contribution in [1.29, 1.82) is 0 Å². The van der Waals surface area contributed by atoms with E-state index in [4.69, 9.17) is 9.47 Å². The molecule has 0 aliphatic rings. The lowest BCUT2D eigenvalue weighted by Gasteiger charge is -2.26. The second-order valence-electron chi connectivity index (χ2n) is 5.65. The van der Waals surface area contributed by atoms with E-state index >= 15 is 0 Å². The van der Waals surface area contributed by atoms with Crippen molar-refractivity contribution in [2.45, 2.75) is 32.8 Å². The molecule has 0 saturated heterocycles. The van der Waals surface area contributed by atoms with E-state index in [1.165, 1.54) is 28.2 Å². The third kappa shape index (κ3) is 6.43. The number of hydrogen-bond donors (Lipinski definition) is 0. The van der Waals surface area contributed by atoms with Crippen LogP contribution in [-0.2, 0) is 9.47 Å². The fourth-order valence-electron chi connectivity index (χ4n) is 1.60. The van der Waals surface area contributed by atoms with Gasteiger partial charge in [-0.2, -0.15) is 0 Å². The highest BCUT2D eigenvalue weighted by molar-refractivity contribution is 5.70. The van der Waals surface area contributed by atoms with Crippen LogP contribution < -0.4 is 0 Å². The molecule has 0 aliphatic heterocycles. The van der Waals surface area contributed by atoms with Gasteiger partial charge in [0, 0.05) is 25.5 Å². The average molecular weight is 309 g/mol. The SMILES string of the molecule is C=CCN(CCCOC(=O)n1ccnc1)C(=O)OC(C)(C)C. The largest absolute Gasteiger partial charge is 0.449 e. The van der Waals surface area contributed by atoms with Crippen molar-refractivity contribution in [2.75, 3.05) is 19.7 Å². The Labute approximate surface area is 130 Å². The second-order valence-corrected chi connectivity index (χ2v) is 5.65. The predicted octanol–water partition coefficient (Wildman–Crippen LogP) is 2.68. The van der Waals surface area contributed by atoms with Crippen LogP contribution >= 0.6 is 0 Å². The zero-order chi connectivity index (χ0) is 16.6. The van der Waals surface area contributed by atoms with Crippen molar-refractivity contribution in [3.05, 3.63) is 31.4 Å². The van der Waals surface area contributed by atoms with Crippen LogP contribution in [0.1, 0.15) is 27.2 Å². The third-order valence-corrected chi connectivity index (χ3v) is 2.51. The molecule has 0 unspecified atom stereocenters. The molecular weight excluding hydrogens is 286 g/mol. The molecule has 0 atom stereocenters. The number of carbonyl (C=O) groups is 2. The Balaban J connectivity index is 2.36. The summed E-state index contributed by atoms with van der Waals surface area (Å²) in [4.78, 5) is 28.9. The van der Waals surface area contributed by atoms with Crippen LogP contribution in [0.5, 0.6) is 0 Å². The summed E-state index contributed by atoms with van der Waals surface area (Å²) in [5.74, 6) is 0. The summed E-state index contributed by atoms with van der Waals surface area (Å²) in [6.07, 6.45) is 5.60. The van der Waals surface area contributed by atoms with Crippen LogP contribution in [0, 0.1) is 0 Å². The smallest absolute Gasteiger partial charge is 0.419 e. The predicted molar refractivity (Wildman–Crippen MR) is 81.6 cm³/mol. The number of amides is 1. The highest BCUT2D eigenvalue weighted by Crippen LogP contribution is 2.10. The quantitative estimate of drug-likeness (QED) is 0.596. The van der Waals surface area contributed by atoms with E-state index in [9.17, 15) is 9.59 Å². The maximum atomic E-state index is 12.0. The van der Waals surface area contributed by atoms with Gasteiger partial charge in [0.2, 0.25) is 0 Å². The van der Waals surface area contributed by atoms with Crippen LogP contribution in [0.3, 0.4) is 0 Å². The van der Waals surface area contributed by atoms with Gasteiger partial charge in [0.1, 0.15) is 11.9 Å². The Bertz CT molecular complexity index is 491. The van der Waals surface area contributed by atoms with E-state index in [0.717, 1.165) is 0 Å². The summed E-state index contributed by atoms with van der Waals surface area (Å²) in [5.41, 5.74) is -0.551. The average Bonchev–Trinajstić information content (AvgIpc) is 2.94. The number of carbonyl (C=O) groups excluding carboxylic acids is 2. The molecule has 1 aromatic rings. The summed E-state index contributed by atoms with van der Waals surface area (Å²) in [6.45, 7) is 10.0. The molecule has 0 N–H and O–H groups in total. The Morgan fingerprint density at radius 2 is 2.14 bits per heavy atom. The molecule has 0 aliphatic carbocycles. The number of aromatic nitrogens is 2. The molecule has 7 nitrogen and oxygen atoms in total. The van der Waals surface area contributed by atoms with Gasteiger partial charge in [-0.1, -0.05) is 6.08 Å². The van der Waals surface area contributed by atoms with E-state index in [1.54, 1.807) is 6.08 Å². The molecule has 1 rings (SSSR count). The minimum atomic E-state index is -0.551. The molecule has 7 heteroatoms. The molecule has 0 aromatic carbocycles. The van der Waals surface area contributed by atoms with Crippen molar-refractivity contribution in [3.63, 3.8) is 0 Å². The molecule has 22 heavy (non-hydrogen) atoms. The topological polar surface area (TPSA) is 73.7 Å². The van der Waals surface area contributed by atoms with E-state index < -0.39 is 17.8 Å². The van der Waals surface area contributed by atoms with E-state index in [-0.39, 0.29) is 6.61 Å². The van der Waals surface area contributed by atoms with Gasteiger partial charge in [0.05, 0.1) is 6.61 Å². The van der Waals surface area contributed by atoms with Gasteiger partial charge in [0.15, 0.2) is 0 Å². The van der Waals surface area contributed by atoms with Gasteiger partial charge < -0.3 is 14.4 Å². The lowest BCUT2D eigenvalue weighted by Crippen LogP contribution is -2.37. The number of hydrogen-bond acceptors (Lipinski definition) is 5. The number of nitrogens with zero attached hydrogens (tertiary/aromatic N) is 3. The second kappa shape index (κ2) is 8.21. The zero-order valence-electron chi connectivity index (χ0n) is 13.3. The van der Waals surface area contributed by atoms with Crippen LogP contribution in [0.2, 0.25) is 0 Å². The first-order valence-corrected chi connectivity index (χ1v) is 7.07. The van der Waals surface area contributed by atoms with Gasteiger partial charge in [-0.15, -0.1) is 6.58 Å². The first-order valence-electron chi connectivity index (χ1n) is 7.07. The van der Waals surface area contributed by atoms with Crippen LogP contribution in [0.15, 0.2) is 31.4 Å². The van der Waals surface area contributed by atoms with Gasteiger partial charge in [-0.05, 0) is 27.2 Å². The van der Waals surface area contributed by atoms with Crippen molar-refractivity contribution < 1.29 is 19.1 Å². The van der Waals surface area contributed by atoms with Gasteiger partial charge in [-0.3, -0.25) is 0 Å². The Morgan fingerprint density at radius 3 is 2.68 bits per heavy atom. The summed E-state index contributed by atoms with van der Waals surface area (Å²) >= 11 is 0. The van der Waals surface area contributed by atoms with E-state index in [0.29, 0.717) is 19.5 Å². The maximum absolute atomic E-state index is 12.0. The molecule has 0 saturated carbocycles. The van der Waals surface area contributed by atoms with Crippen LogP contribution in [0.4, 0.5) is 9.59 Å². The van der Waals surface area contributed by atoms with Gasteiger partial charge >= 0.3 is 12.2 Å². The number of imidazole rings is 1. The lowest BCUT2D eigenvalue weighted by molar-refractivity contribution is 0.0261. The fourth-order valence-corrected chi connectivity index (χ4v) is 1.60. The molecule has 122 valence electrons. The monoisotopic (exact) mass is 309 g/mol. The van der Waals surface area contributed by atoms with Crippen LogP contribution in [0.25, 0.3) is 0 Å². The Kier molecular flexibility index (Phi) is 6.62. The summed E-state index contributed by atoms with van der Waals surface area (Å²) < 4.78 is 11.6. The molecule has 1 amide bonds. The summed E-state index contributed by atoms with van der Waals surface area (Å²) in [5, 5.41) is 0. The molecule has 0 fully saturated rings. The Morgan fingerprint density at radius 1 is 1.41 bits per heavy atom. The Hall–Kier alpha value is -2.31. The third-order valence-electron chi connectivity index (χ3n) is 2.51. The molecule has 1 aromatic heterocycles. The zero-order valence-corrected chi connectivity index (χ0v) is 13.3. The van der Waals surface area contributed by atoms with Gasteiger partial charge in [-0.25, -0.2) is 19.1 Å². The molecule has 0 radical (unpaired) electrons. The van der Waals surface area contributed by atoms with E-state index in [1.807, 2.05) is 20.8 Å². The first kappa shape index (κ1) is 17.7. The van der Waals surface area contributed by atoms with Crippen molar-refractivity contribution in [1.82, 2.24) is 14.5 Å². The molecular formula is C15H23N3O4. The van der Waals surface area contributed by atoms with Crippen molar-refractivity contribution in [3.8, 4) is 0 Å². The molecule has 1 heterocycles. The van der Waals surface area contributed by atoms with Crippen LogP contribution in [-0.4, -0.2) is 51.9 Å². The highest BCUT2D eigenvalue weighted by atomic mass is 16.6. The summed E-state index contributed by atoms with van der Waals surface area (Å²) in [7, 11) is 0. The molecule has 0 bridgehead atoms.